The first-order valence-electron chi connectivity index (χ1n) is 4.37. The largest absolute Gasteiger partial charge is 0.258 e. The maximum atomic E-state index is 10.3. The van der Waals surface area contributed by atoms with E-state index < -0.39 is 0 Å². The maximum absolute atomic E-state index is 10.3. The molecule has 1 aliphatic rings. The number of hydrogen-bond donors (Lipinski definition) is 0. The lowest BCUT2D eigenvalue weighted by Crippen LogP contribution is -2.37. The van der Waals surface area contributed by atoms with Gasteiger partial charge in [-0.15, -0.1) is 4.91 Å². The molecule has 64 valence electrons. The van der Waals surface area contributed by atoms with Gasteiger partial charge in [0.1, 0.15) is 0 Å². The number of piperidine rings is 1. The molecule has 1 heterocycles. The van der Waals surface area contributed by atoms with Gasteiger partial charge in [-0.3, -0.25) is 5.01 Å². The average molecular weight is 156 g/mol. The lowest BCUT2D eigenvalue weighted by atomic mass is 9.93. The van der Waals surface area contributed by atoms with Crippen LogP contribution in [0.15, 0.2) is 5.29 Å². The van der Waals surface area contributed by atoms with E-state index in [1.54, 1.807) is 5.01 Å². The molecule has 1 saturated heterocycles. The Labute approximate surface area is 67.7 Å². The lowest BCUT2D eigenvalue weighted by molar-refractivity contribution is 0.118. The van der Waals surface area contributed by atoms with Crippen molar-refractivity contribution in [2.24, 2.45) is 11.2 Å². The minimum absolute atomic E-state index is 0.357. The van der Waals surface area contributed by atoms with Crippen molar-refractivity contribution in [3.63, 3.8) is 0 Å². The molecule has 1 fully saturated rings. The van der Waals surface area contributed by atoms with E-state index in [4.69, 9.17) is 0 Å². The van der Waals surface area contributed by atoms with Crippen LogP contribution in [0.4, 0.5) is 0 Å². The Balaban J connectivity index is 2.43. The molecule has 0 unspecified atom stereocenters. The Bertz CT molecular complexity index is 138. The normalized spacial score (nSPS) is 32.0. The molecule has 1 rings (SSSR count). The SMILES string of the molecule is CC[C@@H]1CC[C@@H](C)N(N=O)C1. The van der Waals surface area contributed by atoms with Gasteiger partial charge in [-0.25, -0.2) is 0 Å². The molecule has 3 heteroatoms. The van der Waals surface area contributed by atoms with E-state index in [0.29, 0.717) is 12.0 Å². The number of nitroso groups, excluding NO2 is 1. The van der Waals surface area contributed by atoms with Crippen molar-refractivity contribution < 1.29 is 0 Å². The molecule has 0 spiro atoms. The highest BCUT2D eigenvalue weighted by Crippen LogP contribution is 2.23. The average Bonchev–Trinajstić information content (AvgIpc) is 2.05. The van der Waals surface area contributed by atoms with Gasteiger partial charge in [0, 0.05) is 12.6 Å². The number of hydrogen-bond acceptors (Lipinski definition) is 2. The van der Waals surface area contributed by atoms with Crippen LogP contribution >= 0.6 is 0 Å². The topological polar surface area (TPSA) is 32.7 Å². The summed E-state index contributed by atoms with van der Waals surface area (Å²) in [5.41, 5.74) is 0. The Morgan fingerprint density at radius 3 is 2.82 bits per heavy atom. The fourth-order valence-corrected chi connectivity index (χ4v) is 1.61. The summed E-state index contributed by atoms with van der Waals surface area (Å²) in [4.78, 5) is 10.3. The first-order valence-corrected chi connectivity index (χ1v) is 4.37. The third-order valence-electron chi connectivity index (χ3n) is 2.63. The van der Waals surface area contributed by atoms with E-state index in [1.165, 1.54) is 12.8 Å². The highest BCUT2D eigenvalue weighted by molar-refractivity contribution is 4.75. The van der Waals surface area contributed by atoms with Crippen molar-refractivity contribution >= 4 is 0 Å². The summed E-state index contributed by atoms with van der Waals surface area (Å²) in [6, 6.07) is 0.357. The zero-order chi connectivity index (χ0) is 8.27. The van der Waals surface area contributed by atoms with E-state index in [-0.39, 0.29) is 0 Å². The Morgan fingerprint density at radius 2 is 2.27 bits per heavy atom. The van der Waals surface area contributed by atoms with Gasteiger partial charge >= 0.3 is 0 Å². The van der Waals surface area contributed by atoms with Crippen LogP contribution in [0.5, 0.6) is 0 Å². The van der Waals surface area contributed by atoms with Gasteiger partial charge in [0.2, 0.25) is 0 Å². The molecule has 2 atom stereocenters. The van der Waals surface area contributed by atoms with Crippen LogP contribution in [0.2, 0.25) is 0 Å². The highest BCUT2D eigenvalue weighted by Gasteiger charge is 2.23. The van der Waals surface area contributed by atoms with E-state index in [2.05, 4.69) is 19.1 Å². The van der Waals surface area contributed by atoms with Crippen molar-refractivity contribution in [2.75, 3.05) is 6.54 Å². The number of rotatable bonds is 2. The molecule has 0 aromatic heterocycles. The maximum Gasteiger partial charge on any atom is 0.0526 e. The molecule has 0 saturated carbocycles. The quantitative estimate of drug-likeness (QED) is 0.574. The molecule has 1 aliphatic heterocycles. The minimum atomic E-state index is 0.357. The van der Waals surface area contributed by atoms with Crippen molar-refractivity contribution in [3.05, 3.63) is 4.91 Å². The smallest absolute Gasteiger partial charge is 0.0526 e. The number of nitrogens with zero attached hydrogens (tertiary/aromatic N) is 2. The minimum Gasteiger partial charge on any atom is -0.258 e. The fourth-order valence-electron chi connectivity index (χ4n) is 1.61. The monoisotopic (exact) mass is 156 g/mol. The molecule has 11 heavy (non-hydrogen) atoms. The van der Waals surface area contributed by atoms with E-state index in [1.807, 2.05) is 0 Å². The first kappa shape index (κ1) is 8.50. The summed E-state index contributed by atoms with van der Waals surface area (Å²) >= 11 is 0. The van der Waals surface area contributed by atoms with E-state index in [0.717, 1.165) is 13.0 Å². The van der Waals surface area contributed by atoms with E-state index in [9.17, 15) is 4.91 Å². The van der Waals surface area contributed by atoms with Crippen LogP contribution in [0, 0.1) is 10.8 Å². The second kappa shape index (κ2) is 3.69. The Kier molecular flexibility index (Phi) is 2.85. The molecule has 0 N–H and O–H groups in total. The molecule has 0 aromatic carbocycles. The molecule has 0 bridgehead atoms. The second-order valence-corrected chi connectivity index (χ2v) is 3.40. The predicted octanol–water partition coefficient (Wildman–Crippen LogP) is 2.18. The van der Waals surface area contributed by atoms with Crippen LogP contribution in [0.25, 0.3) is 0 Å². The summed E-state index contributed by atoms with van der Waals surface area (Å²) in [6.07, 6.45) is 3.53. The zero-order valence-electron chi connectivity index (χ0n) is 7.29. The molecular weight excluding hydrogens is 140 g/mol. The molecule has 3 nitrogen and oxygen atoms in total. The lowest BCUT2D eigenvalue weighted by Gasteiger charge is -2.32. The van der Waals surface area contributed by atoms with Crippen LogP contribution in [-0.2, 0) is 0 Å². The molecular formula is C8H16N2O. The predicted molar refractivity (Wildman–Crippen MR) is 45.0 cm³/mol. The molecule has 0 aliphatic carbocycles. The molecule has 0 aromatic rings. The van der Waals surface area contributed by atoms with Gasteiger partial charge in [-0.1, -0.05) is 13.3 Å². The van der Waals surface area contributed by atoms with Crippen LogP contribution < -0.4 is 0 Å². The zero-order valence-corrected chi connectivity index (χ0v) is 7.29. The standard InChI is InChI=1S/C8H16N2O/c1-3-8-5-4-7(2)10(6-8)9-11/h7-8H,3-6H2,1-2H3/t7-,8-/m1/s1. The van der Waals surface area contributed by atoms with Crippen LogP contribution in [0.3, 0.4) is 0 Å². The van der Waals surface area contributed by atoms with Crippen molar-refractivity contribution in [3.8, 4) is 0 Å². The summed E-state index contributed by atoms with van der Waals surface area (Å²) in [5.74, 6) is 0.684. The summed E-state index contributed by atoms with van der Waals surface area (Å²) in [5, 5.41) is 4.69. The molecule has 0 amide bonds. The van der Waals surface area contributed by atoms with Gasteiger partial charge in [-0.05, 0) is 25.7 Å². The summed E-state index contributed by atoms with van der Waals surface area (Å²) in [7, 11) is 0. The van der Waals surface area contributed by atoms with Crippen LogP contribution in [0.1, 0.15) is 33.1 Å². The van der Waals surface area contributed by atoms with Gasteiger partial charge in [0.15, 0.2) is 0 Å². The van der Waals surface area contributed by atoms with Gasteiger partial charge in [0.25, 0.3) is 0 Å². The van der Waals surface area contributed by atoms with Crippen LogP contribution in [-0.4, -0.2) is 17.6 Å². The first-order chi connectivity index (χ1) is 5.27. The third-order valence-corrected chi connectivity index (χ3v) is 2.63. The Morgan fingerprint density at radius 1 is 1.55 bits per heavy atom. The highest BCUT2D eigenvalue weighted by atomic mass is 16.3. The molecule has 0 radical (unpaired) electrons. The van der Waals surface area contributed by atoms with Gasteiger partial charge in [0.05, 0.1) is 5.29 Å². The van der Waals surface area contributed by atoms with Crippen molar-refractivity contribution in [1.29, 1.82) is 0 Å². The summed E-state index contributed by atoms with van der Waals surface area (Å²) in [6.45, 7) is 5.10. The van der Waals surface area contributed by atoms with Crippen molar-refractivity contribution in [2.45, 2.75) is 39.2 Å². The second-order valence-electron chi connectivity index (χ2n) is 3.40. The third kappa shape index (κ3) is 1.91. The van der Waals surface area contributed by atoms with E-state index >= 15 is 0 Å². The van der Waals surface area contributed by atoms with Crippen molar-refractivity contribution in [1.82, 2.24) is 5.01 Å². The van der Waals surface area contributed by atoms with Gasteiger partial charge in [-0.2, -0.15) is 0 Å². The van der Waals surface area contributed by atoms with Gasteiger partial charge < -0.3 is 0 Å². The summed E-state index contributed by atoms with van der Waals surface area (Å²) < 4.78 is 0. The Hall–Kier alpha value is -0.600. The fraction of sp³-hybridized carbons (Fsp3) is 1.00.